The number of carboxylic acid groups (broad SMARTS) is 1. The lowest BCUT2D eigenvalue weighted by Gasteiger charge is -2.57. The highest BCUT2D eigenvalue weighted by atomic mass is 35.5. The van der Waals surface area contributed by atoms with E-state index >= 15 is 0 Å². The summed E-state index contributed by atoms with van der Waals surface area (Å²) in [6, 6.07) is 0.469. The van der Waals surface area contributed by atoms with E-state index in [4.69, 9.17) is 5.11 Å². The van der Waals surface area contributed by atoms with Gasteiger partial charge in [-0.25, -0.2) is 0 Å². The second-order valence-electron chi connectivity index (χ2n) is 9.70. The standard InChI is InChI=1S/C21H36N2O2.ClH/c1-2-23(15-20(24)25)19-3-6-22(7-4-19)8-5-21-12-16-9-17(13-21)11-18(10-16)14-21;/h16-19H,2-15H2,1H3,(H,24,25);1H. The Morgan fingerprint density at radius 3 is 2.08 bits per heavy atom. The van der Waals surface area contributed by atoms with Gasteiger partial charge in [-0.05, 0) is 107 Å². The number of aliphatic carboxylic acids is 1. The van der Waals surface area contributed by atoms with Crippen LogP contribution in [0, 0.1) is 23.2 Å². The molecule has 0 atom stereocenters. The fourth-order valence-corrected chi connectivity index (χ4v) is 7.17. The van der Waals surface area contributed by atoms with Gasteiger partial charge < -0.3 is 10.0 Å². The largest absolute Gasteiger partial charge is 0.480 e. The van der Waals surface area contributed by atoms with Gasteiger partial charge in [0, 0.05) is 6.04 Å². The molecule has 1 saturated heterocycles. The van der Waals surface area contributed by atoms with Crippen molar-refractivity contribution in [3.63, 3.8) is 0 Å². The number of carbonyl (C=O) groups is 1. The molecule has 150 valence electrons. The number of rotatable bonds is 7. The molecule has 1 N–H and O–H groups in total. The van der Waals surface area contributed by atoms with Gasteiger partial charge in [-0.1, -0.05) is 6.92 Å². The zero-order valence-electron chi connectivity index (χ0n) is 16.4. The van der Waals surface area contributed by atoms with E-state index in [0.717, 1.165) is 50.2 Å². The molecule has 0 aromatic carbocycles. The van der Waals surface area contributed by atoms with Gasteiger partial charge in [-0.2, -0.15) is 0 Å². The number of piperidine rings is 1. The van der Waals surface area contributed by atoms with Crippen molar-refractivity contribution < 1.29 is 9.90 Å². The van der Waals surface area contributed by atoms with Crippen molar-refractivity contribution in [2.24, 2.45) is 23.2 Å². The summed E-state index contributed by atoms with van der Waals surface area (Å²) in [5, 5.41) is 9.08. The van der Waals surface area contributed by atoms with E-state index < -0.39 is 5.97 Å². The predicted octanol–water partition coefficient (Wildman–Crippen LogP) is 3.89. The van der Waals surface area contributed by atoms with Crippen molar-refractivity contribution in [2.75, 3.05) is 32.7 Å². The first-order valence-corrected chi connectivity index (χ1v) is 10.7. The number of halogens is 1. The van der Waals surface area contributed by atoms with Crippen molar-refractivity contribution in [1.29, 1.82) is 0 Å². The van der Waals surface area contributed by atoms with E-state index in [-0.39, 0.29) is 19.0 Å². The molecular formula is C21H37ClN2O2. The molecule has 4 aliphatic carbocycles. The zero-order chi connectivity index (χ0) is 17.4. The van der Waals surface area contributed by atoms with Crippen LogP contribution in [0.2, 0.25) is 0 Å². The molecule has 1 heterocycles. The van der Waals surface area contributed by atoms with Crippen LogP contribution in [-0.4, -0.2) is 59.6 Å². The van der Waals surface area contributed by atoms with Crippen LogP contribution in [0.5, 0.6) is 0 Å². The lowest BCUT2D eigenvalue weighted by molar-refractivity contribution is -0.139. The highest BCUT2D eigenvalue weighted by molar-refractivity contribution is 5.85. The van der Waals surface area contributed by atoms with Crippen LogP contribution in [0.3, 0.4) is 0 Å². The molecule has 1 aliphatic heterocycles. The molecule has 5 fully saturated rings. The number of hydrogen-bond acceptors (Lipinski definition) is 3. The van der Waals surface area contributed by atoms with Crippen molar-refractivity contribution in [3.05, 3.63) is 0 Å². The maximum atomic E-state index is 11.0. The van der Waals surface area contributed by atoms with Crippen molar-refractivity contribution in [2.45, 2.75) is 70.8 Å². The first-order valence-electron chi connectivity index (χ1n) is 10.7. The SMILES string of the molecule is CCN(CC(=O)O)C1CCN(CCC23CC4CC(CC(C4)C2)C3)CC1.Cl. The number of nitrogens with zero attached hydrogens (tertiary/aromatic N) is 2. The summed E-state index contributed by atoms with van der Waals surface area (Å²) in [4.78, 5) is 15.9. The lowest BCUT2D eigenvalue weighted by Crippen LogP contribution is -2.49. The Hall–Kier alpha value is -0.320. The van der Waals surface area contributed by atoms with E-state index in [1.165, 1.54) is 32.2 Å². The summed E-state index contributed by atoms with van der Waals surface area (Å²) in [7, 11) is 0. The molecule has 5 heteroatoms. The Morgan fingerprint density at radius 1 is 1.08 bits per heavy atom. The van der Waals surface area contributed by atoms with Gasteiger partial charge >= 0.3 is 5.97 Å². The summed E-state index contributed by atoms with van der Waals surface area (Å²) >= 11 is 0. The molecule has 0 spiro atoms. The molecule has 4 bridgehead atoms. The van der Waals surface area contributed by atoms with E-state index in [1.54, 1.807) is 19.3 Å². The molecule has 5 aliphatic rings. The van der Waals surface area contributed by atoms with E-state index in [1.807, 2.05) is 0 Å². The third-order valence-corrected chi connectivity index (χ3v) is 7.94. The molecule has 4 saturated carbocycles. The monoisotopic (exact) mass is 384 g/mol. The number of likely N-dealkylation sites (N-methyl/N-ethyl adjacent to an activating group) is 1. The summed E-state index contributed by atoms with van der Waals surface area (Å²) in [5.74, 6) is 2.49. The first-order chi connectivity index (χ1) is 12.0. The Balaban J connectivity index is 0.00000196. The van der Waals surface area contributed by atoms with E-state index in [9.17, 15) is 4.79 Å². The van der Waals surface area contributed by atoms with Crippen LogP contribution >= 0.6 is 12.4 Å². The average Bonchev–Trinajstić information content (AvgIpc) is 2.57. The molecule has 0 amide bonds. The molecule has 0 radical (unpaired) electrons. The minimum atomic E-state index is -0.689. The first kappa shape index (κ1) is 20.4. The molecular weight excluding hydrogens is 348 g/mol. The number of hydrogen-bond donors (Lipinski definition) is 1. The second kappa shape index (κ2) is 8.36. The molecule has 0 aromatic rings. The number of likely N-dealkylation sites (tertiary alicyclic amines) is 1. The fourth-order valence-electron chi connectivity index (χ4n) is 7.17. The zero-order valence-corrected chi connectivity index (χ0v) is 17.2. The highest BCUT2D eigenvalue weighted by Crippen LogP contribution is 2.61. The van der Waals surface area contributed by atoms with Gasteiger partial charge in [-0.3, -0.25) is 9.69 Å². The minimum Gasteiger partial charge on any atom is -0.480 e. The second-order valence-corrected chi connectivity index (χ2v) is 9.70. The summed E-state index contributed by atoms with van der Waals surface area (Å²) in [6.07, 6.45) is 12.9. The molecule has 26 heavy (non-hydrogen) atoms. The normalized spacial score (nSPS) is 37.1. The van der Waals surface area contributed by atoms with Gasteiger partial charge in [-0.15, -0.1) is 12.4 Å². The van der Waals surface area contributed by atoms with Crippen LogP contribution in [0.25, 0.3) is 0 Å². The van der Waals surface area contributed by atoms with Gasteiger partial charge in [0.2, 0.25) is 0 Å². The average molecular weight is 385 g/mol. The summed E-state index contributed by atoms with van der Waals surface area (Å²) < 4.78 is 0. The van der Waals surface area contributed by atoms with E-state index in [2.05, 4.69) is 16.7 Å². The van der Waals surface area contributed by atoms with Crippen LogP contribution in [-0.2, 0) is 4.79 Å². The Morgan fingerprint density at radius 2 is 1.62 bits per heavy atom. The van der Waals surface area contributed by atoms with Crippen LogP contribution < -0.4 is 0 Å². The van der Waals surface area contributed by atoms with E-state index in [0.29, 0.717) is 11.5 Å². The molecule has 5 rings (SSSR count). The Labute approximate surface area is 165 Å². The van der Waals surface area contributed by atoms with Crippen molar-refractivity contribution in [3.8, 4) is 0 Å². The van der Waals surface area contributed by atoms with Gasteiger partial charge in [0.05, 0.1) is 6.54 Å². The van der Waals surface area contributed by atoms with Crippen molar-refractivity contribution in [1.82, 2.24) is 9.80 Å². The smallest absolute Gasteiger partial charge is 0.317 e. The summed E-state index contributed by atoms with van der Waals surface area (Å²) in [6.45, 7) is 6.74. The lowest BCUT2D eigenvalue weighted by atomic mass is 9.49. The quantitative estimate of drug-likeness (QED) is 0.723. The third kappa shape index (κ3) is 4.39. The Kier molecular flexibility index (Phi) is 6.57. The fraction of sp³-hybridized carbons (Fsp3) is 0.952. The predicted molar refractivity (Wildman–Crippen MR) is 107 cm³/mol. The third-order valence-electron chi connectivity index (χ3n) is 7.94. The minimum absolute atomic E-state index is 0. The van der Waals surface area contributed by atoms with Gasteiger partial charge in [0.1, 0.15) is 0 Å². The molecule has 0 aromatic heterocycles. The van der Waals surface area contributed by atoms with Crippen LogP contribution in [0.1, 0.15) is 64.7 Å². The molecule has 4 nitrogen and oxygen atoms in total. The Bertz CT molecular complexity index is 455. The van der Waals surface area contributed by atoms with Gasteiger partial charge in [0.25, 0.3) is 0 Å². The maximum Gasteiger partial charge on any atom is 0.317 e. The maximum absolute atomic E-state index is 11.0. The number of carboxylic acids is 1. The van der Waals surface area contributed by atoms with Crippen LogP contribution in [0.15, 0.2) is 0 Å². The van der Waals surface area contributed by atoms with Gasteiger partial charge in [0.15, 0.2) is 0 Å². The summed E-state index contributed by atoms with van der Waals surface area (Å²) in [5.41, 5.74) is 0.699. The van der Waals surface area contributed by atoms with Crippen LogP contribution in [0.4, 0.5) is 0 Å². The molecule has 0 unspecified atom stereocenters. The van der Waals surface area contributed by atoms with Crippen molar-refractivity contribution >= 4 is 18.4 Å². The topological polar surface area (TPSA) is 43.8 Å². The highest BCUT2D eigenvalue weighted by Gasteiger charge is 2.50.